The molecule has 0 aliphatic carbocycles. The number of hydrogen-bond donors (Lipinski definition) is 1. The van der Waals surface area contributed by atoms with E-state index >= 15 is 0 Å². The molecule has 0 bridgehead atoms. The molecule has 0 fully saturated rings. The summed E-state index contributed by atoms with van der Waals surface area (Å²) in [4.78, 5) is 0. The van der Waals surface area contributed by atoms with Gasteiger partial charge in [0.05, 0.1) is 27.4 Å². The van der Waals surface area contributed by atoms with E-state index in [-0.39, 0.29) is 6.04 Å². The first-order chi connectivity index (χ1) is 12.2. The van der Waals surface area contributed by atoms with Crippen LogP contribution < -0.4 is 19.5 Å². The molecule has 0 radical (unpaired) electrons. The van der Waals surface area contributed by atoms with Crippen molar-refractivity contribution in [2.45, 2.75) is 19.5 Å². The lowest BCUT2D eigenvalue weighted by Crippen LogP contribution is -2.18. The fourth-order valence-corrected chi connectivity index (χ4v) is 2.81. The molecule has 1 atom stereocenters. The Bertz CT molecular complexity index is 856. The molecule has 3 rings (SSSR count). The van der Waals surface area contributed by atoms with Crippen molar-refractivity contribution in [3.8, 4) is 17.2 Å². The molecule has 3 aromatic rings. The number of hydrogen-bond acceptors (Lipinski definition) is 5. The third kappa shape index (κ3) is 3.56. The van der Waals surface area contributed by atoms with E-state index in [2.05, 4.69) is 12.2 Å². The zero-order valence-electron chi connectivity index (χ0n) is 15.0. The highest BCUT2D eigenvalue weighted by molar-refractivity contribution is 5.83. The molecular weight excluding hydrogens is 318 g/mol. The van der Waals surface area contributed by atoms with Crippen LogP contribution in [0.1, 0.15) is 24.3 Å². The van der Waals surface area contributed by atoms with Gasteiger partial charge in [-0.25, -0.2) is 0 Å². The number of methoxy groups -OCH3 is 3. The van der Waals surface area contributed by atoms with Gasteiger partial charge >= 0.3 is 0 Å². The minimum Gasteiger partial charge on any atom is -0.497 e. The standard InChI is InChI=1S/C20H23NO4/c1-13(19-11-14-6-5-7-18(24-4)20(14)25-19)21-12-15-10-16(22-2)8-9-17(15)23-3/h5-11,13,21H,12H2,1-4H3/t13-/m1/s1. The van der Waals surface area contributed by atoms with Gasteiger partial charge in [-0.3, -0.25) is 0 Å². The number of ether oxygens (including phenoxy) is 3. The summed E-state index contributed by atoms with van der Waals surface area (Å²) in [5, 5.41) is 4.50. The Kier molecular flexibility index (Phi) is 5.14. The zero-order valence-corrected chi connectivity index (χ0v) is 15.0. The molecule has 5 nitrogen and oxygen atoms in total. The van der Waals surface area contributed by atoms with Gasteiger partial charge in [-0.1, -0.05) is 12.1 Å². The highest BCUT2D eigenvalue weighted by Crippen LogP contribution is 2.31. The van der Waals surface area contributed by atoms with Gasteiger partial charge in [0.25, 0.3) is 0 Å². The quantitative estimate of drug-likeness (QED) is 0.694. The highest BCUT2D eigenvalue weighted by Gasteiger charge is 2.15. The summed E-state index contributed by atoms with van der Waals surface area (Å²) in [6.07, 6.45) is 0. The Balaban J connectivity index is 1.78. The van der Waals surface area contributed by atoms with Crippen LogP contribution in [0.2, 0.25) is 0 Å². The fourth-order valence-electron chi connectivity index (χ4n) is 2.81. The van der Waals surface area contributed by atoms with Crippen molar-refractivity contribution in [1.29, 1.82) is 0 Å². The molecule has 0 saturated heterocycles. The second-order valence-electron chi connectivity index (χ2n) is 5.81. The Morgan fingerprint density at radius 1 is 0.960 bits per heavy atom. The van der Waals surface area contributed by atoms with Gasteiger partial charge in [0.1, 0.15) is 17.3 Å². The first-order valence-electron chi connectivity index (χ1n) is 8.17. The van der Waals surface area contributed by atoms with E-state index in [1.54, 1.807) is 21.3 Å². The van der Waals surface area contributed by atoms with Crippen LogP contribution in [0.5, 0.6) is 17.2 Å². The van der Waals surface area contributed by atoms with Crippen LogP contribution in [-0.2, 0) is 6.54 Å². The lowest BCUT2D eigenvalue weighted by atomic mass is 10.1. The van der Waals surface area contributed by atoms with Crippen molar-refractivity contribution in [3.63, 3.8) is 0 Å². The molecule has 0 saturated carbocycles. The van der Waals surface area contributed by atoms with Gasteiger partial charge in [-0.05, 0) is 37.3 Å². The second-order valence-corrected chi connectivity index (χ2v) is 5.81. The van der Waals surface area contributed by atoms with Gasteiger partial charge in [0.2, 0.25) is 0 Å². The Labute approximate surface area is 147 Å². The van der Waals surface area contributed by atoms with Crippen molar-refractivity contribution < 1.29 is 18.6 Å². The van der Waals surface area contributed by atoms with Crippen LogP contribution in [0.15, 0.2) is 46.9 Å². The maximum atomic E-state index is 6.00. The monoisotopic (exact) mass is 341 g/mol. The Hall–Kier alpha value is -2.66. The molecule has 0 aliphatic rings. The zero-order chi connectivity index (χ0) is 17.8. The molecule has 1 N–H and O–H groups in total. The van der Waals surface area contributed by atoms with Crippen LogP contribution in [0, 0.1) is 0 Å². The smallest absolute Gasteiger partial charge is 0.176 e. The van der Waals surface area contributed by atoms with Crippen LogP contribution in [0.4, 0.5) is 0 Å². The van der Waals surface area contributed by atoms with E-state index in [9.17, 15) is 0 Å². The number of para-hydroxylation sites is 1. The van der Waals surface area contributed by atoms with Gasteiger partial charge in [-0.15, -0.1) is 0 Å². The van der Waals surface area contributed by atoms with Crippen LogP contribution in [0.3, 0.4) is 0 Å². The van der Waals surface area contributed by atoms with Gasteiger partial charge in [0, 0.05) is 17.5 Å². The Morgan fingerprint density at radius 3 is 2.48 bits per heavy atom. The molecule has 0 spiro atoms. The summed E-state index contributed by atoms with van der Waals surface area (Å²) in [6, 6.07) is 13.7. The molecule has 1 aromatic heterocycles. The van der Waals surface area contributed by atoms with E-state index in [1.807, 2.05) is 42.5 Å². The third-order valence-corrected chi connectivity index (χ3v) is 4.26. The average Bonchev–Trinajstić information content (AvgIpc) is 3.10. The van der Waals surface area contributed by atoms with Gasteiger partial charge < -0.3 is 23.9 Å². The summed E-state index contributed by atoms with van der Waals surface area (Å²) < 4.78 is 22.1. The van der Waals surface area contributed by atoms with Gasteiger partial charge in [0.15, 0.2) is 11.3 Å². The summed E-state index contributed by atoms with van der Waals surface area (Å²) in [5.74, 6) is 3.23. The molecule has 1 heterocycles. The minimum absolute atomic E-state index is 0.0352. The molecule has 2 aromatic carbocycles. The van der Waals surface area contributed by atoms with E-state index in [1.165, 1.54) is 0 Å². The molecule has 25 heavy (non-hydrogen) atoms. The average molecular weight is 341 g/mol. The summed E-state index contributed by atoms with van der Waals surface area (Å²) in [5.41, 5.74) is 1.80. The molecule has 0 amide bonds. The number of furan rings is 1. The van der Waals surface area contributed by atoms with Crippen molar-refractivity contribution in [2.24, 2.45) is 0 Å². The predicted molar refractivity (Wildman–Crippen MR) is 97.6 cm³/mol. The largest absolute Gasteiger partial charge is 0.497 e. The second kappa shape index (κ2) is 7.49. The minimum atomic E-state index is 0.0352. The fraction of sp³-hybridized carbons (Fsp3) is 0.300. The first-order valence-corrected chi connectivity index (χ1v) is 8.17. The molecule has 0 aliphatic heterocycles. The summed E-state index contributed by atoms with van der Waals surface area (Å²) >= 11 is 0. The third-order valence-electron chi connectivity index (χ3n) is 4.26. The first kappa shape index (κ1) is 17.2. The van der Waals surface area contributed by atoms with Crippen molar-refractivity contribution >= 4 is 11.0 Å². The van der Waals surface area contributed by atoms with Crippen LogP contribution >= 0.6 is 0 Å². The molecule has 0 unspecified atom stereocenters. The topological polar surface area (TPSA) is 52.9 Å². The summed E-state index contributed by atoms with van der Waals surface area (Å²) in [6.45, 7) is 2.70. The lowest BCUT2D eigenvalue weighted by Gasteiger charge is -2.14. The lowest BCUT2D eigenvalue weighted by molar-refractivity contribution is 0.389. The number of nitrogens with one attached hydrogen (secondary N) is 1. The van der Waals surface area contributed by atoms with E-state index in [0.717, 1.165) is 39.5 Å². The predicted octanol–water partition coefficient (Wildman–Crippen LogP) is 4.31. The summed E-state index contributed by atoms with van der Waals surface area (Å²) in [7, 11) is 4.97. The maximum Gasteiger partial charge on any atom is 0.176 e. The van der Waals surface area contributed by atoms with E-state index in [0.29, 0.717) is 6.54 Å². The van der Waals surface area contributed by atoms with Crippen molar-refractivity contribution in [3.05, 3.63) is 53.8 Å². The van der Waals surface area contributed by atoms with Crippen LogP contribution in [-0.4, -0.2) is 21.3 Å². The molecule has 5 heteroatoms. The normalized spacial score (nSPS) is 12.2. The SMILES string of the molecule is COc1ccc(OC)c(CN[C@H](C)c2cc3cccc(OC)c3o2)c1. The highest BCUT2D eigenvalue weighted by atomic mass is 16.5. The Morgan fingerprint density at radius 2 is 1.76 bits per heavy atom. The van der Waals surface area contributed by atoms with Crippen molar-refractivity contribution in [2.75, 3.05) is 21.3 Å². The number of fused-ring (bicyclic) bond motifs is 1. The van der Waals surface area contributed by atoms with Gasteiger partial charge in [-0.2, -0.15) is 0 Å². The van der Waals surface area contributed by atoms with Crippen LogP contribution in [0.25, 0.3) is 11.0 Å². The van der Waals surface area contributed by atoms with E-state index in [4.69, 9.17) is 18.6 Å². The number of benzene rings is 2. The number of rotatable bonds is 7. The molecular formula is C20H23NO4. The van der Waals surface area contributed by atoms with E-state index < -0.39 is 0 Å². The molecule has 132 valence electrons. The van der Waals surface area contributed by atoms with Crippen molar-refractivity contribution in [1.82, 2.24) is 5.32 Å². The maximum absolute atomic E-state index is 6.00.